The number of esters is 1. The number of urea groups is 1. The van der Waals surface area contributed by atoms with E-state index in [0.717, 1.165) is 0 Å². The smallest absolute Gasteiger partial charge is 0.338 e. The molecule has 9 nitrogen and oxygen atoms in total. The maximum Gasteiger partial charge on any atom is 0.338 e. The fourth-order valence-electron chi connectivity index (χ4n) is 4.63. The fraction of sp³-hybridized carbons (Fsp3) is 0.385. The van der Waals surface area contributed by atoms with Gasteiger partial charge in [-0.25, -0.2) is 22.4 Å². The molecule has 0 spiro atoms. The number of rotatable bonds is 7. The van der Waals surface area contributed by atoms with E-state index in [-0.39, 0.29) is 30.2 Å². The molecule has 2 aliphatic heterocycles. The monoisotopic (exact) mass is 530 g/mol. The predicted molar refractivity (Wildman–Crippen MR) is 135 cm³/mol. The number of sulfonamides is 1. The van der Waals surface area contributed by atoms with Crippen LogP contribution in [0.2, 0.25) is 0 Å². The van der Waals surface area contributed by atoms with Crippen molar-refractivity contribution in [2.24, 2.45) is 0 Å². The second-order valence-electron chi connectivity index (χ2n) is 8.92. The van der Waals surface area contributed by atoms with E-state index in [0.29, 0.717) is 37.3 Å². The van der Waals surface area contributed by atoms with Crippen molar-refractivity contribution in [3.63, 3.8) is 0 Å². The Balaban J connectivity index is 1.62. The van der Waals surface area contributed by atoms with Crippen molar-refractivity contribution in [3.8, 4) is 0 Å². The zero-order chi connectivity index (χ0) is 26.6. The second-order valence-corrected chi connectivity index (χ2v) is 10.9. The van der Waals surface area contributed by atoms with E-state index >= 15 is 0 Å². The maximum atomic E-state index is 14.0. The quantitative estimate of drug-likeness (QED) is 0.553. The van der Waals surface area contributed by atoms with Crippen LogP contribution in [0.3, 0.4) is 0 Å². The summed E-state index contributed by atoms with van der Waals surface area (Å²) in [5, 5.41) is 2.78. The predicted octanol–water partition coefficient (Wildman–Crippen LogP) is 2.74. The number of carbonyl (C=O) groups is 2. The average Bonchev–Trinajstić information content (AvgIpc) is 3.13. The van der Waals surface area contributed by atoms with E-state index in [4.69, 9.17) is 4.74 Å². The molecule has 1 saturated heterocycles. The van der Waals surface area contributed by atoms with Gasteiger partial charge in [0.1, 0.15) is 5.82 Å². The van der Waals surface area contributed by atoms with Gasteiger partial charge in [-0.2, -0.15) is 4.31 Å². The van der Waals surface area contributed by atoms with Crippen LogP contribution in [0, 0.1) is 5.82 Å². The van der Waals surface area contributed by atoms with Gasteiger partial charge in [0, 0.05) is 38.9 Å². The topological polar surface area (TPSA) is 99.3 Å². The SMILES string of the molecule is CCOC(=O)C1=C(CN2CCCN(S(=O)(=O)c3ccccc3)CC2)N(C)C(=O)NC1c1cccc(F)c1. The van der Waals surface area contributed by atoms with Gasteiger partial charge < -0.3 is 10.1 Å². The van der Waals surface area contributed by atoms with E-state index in [1.54, 1.807) is 50.4 Å². The highest BCUT2D eigenvalue weighted by molar-refractivity contribution is 7.89. The minimum Gasteiger partial charge on any atom is -0.463 e. The number of nitrogens with zero attached hydrogens (tertiary/aromatic N) is 3. The van der Waals surface area contributed by atoms with Gasteiger partial charge in [-0.15, -0.1) is 0 Å². The maximum absolute atomic E-state index is 14.0. The molecule has 0 aromatic heterocycles. The molecule has 2 aromatic carbocycles. The molecule has 1 fully saturated rings. The first-order chi connectivity index (χ1) is 17.7. The summed E-state index contributed by atoms with van der Waals surface area (Å²) in [5.41, 5.74) is 1.10. The molecule has 4 rings (SSSR count). The summed E-state index contributed by atoms with van der Waals surface area (Å²) >= 11 is 0. The molecule has 2 amide bonds. The van der Waals surface area contributed by atoms with Crippen LogP contribution in [0.15, 0.2) is 70.8 Å². The summed E-state index contributed by atoms with van der Waals surface area (Å²) in [6.45, 7) is 3.66. The van der Waals surface area contributed by atoms with Gasteiger partial charge in [-0.3, -0.25) is 9.80 Å². The van der Waals surface area contributed by atoms with Crippen LogP contribution >= 0.6 is 0 Å². The highest BCUT2D eigenvalue weighted by atomic mass is 32.2. The molecular weight excluding hydrogens is 499 g/mol. The minimum atomic E-state index is -3.63. The Morgan fingerprint density at radius 3 is 2.54 bits per heavy atom. The van der Waals surface area contributed by atoms with Crippen LogP contribution in [0.1, 0.15) is 24.9 Å². The average molecular weight is 531 g/mol. The van der Waals surface area contributed by atoms with Gasteiger partial charge in [-0.05, 0) is 49.7 Å². The molecule has 0 bridgehead atoms. The van der Waals surface area contributed by atoms with Crippen LogP contribution in [-0.2, 0) is 19.6 Å². The molecule has 1 unspecified atom stereocenters. The van der Waals surface area contributed by atoms with Gasteiger partial charge in [0.15, 0.2) is 0 Å². The fourth-order valence-corrected chi connectivity index (χ4v) is 6.12. The zero-order valence-electron chi connectivity index (χ0n) is 20.9. The summed E-state index contributed by atoms with van der Waals surface area (Å²) in [7, 11) is -2.07. The van der Waals surface area contributed by atoms with Gasteiger partial charge >= 0.3 is 12.0 Å². The van der Waals surface area contributed by atoms with Crippen molar-refractivity contribution >= 4 is 22.0 Å². The second kappa shape index (κ2) is 11.4. The first kappa shape index (κ1) is 26.8. The third-order valence-electron chi connectivity index (χ3n) is 6.56. The first-order valence-electron chi connectivity index (χ1n) is 12.2. The van der Waals surface area contributed by atoms with Crippen LogP contribution < -0.4 is 5.32 Å². The molecule has 37 heavy (non-hydrogen) atoms. The number of likely N-dealkylation sites (N-methyl/N-ethyl adjacent to an activating group) is 1. The Hall–Kier alpha value is -3.28. The number of ether oxygens (including phenoxy) is 1. The Morgan fingerprint density at radius 2 is 1.84 bits per heavy atom. The highest BCUT2D eigenvalue weighted by Gasteiger charge is 2.38. The summed E-state index contributed by atoms with van der Waals surface area (Å²) < 4.78 is 47.1. The van der Waals surface area contributed by atoms with Crippen LogP contribution in [0.5, 0.6) is 0 Å². The highest BCUT2D eigenvalue weighted by Crippen LogP contribution is 2.32. The number of carbonyl (C=O) groups excluding carboxylic acids is 2. The van der Waals surface area contributed by atoms with E-state index in [2.05, 4.69) is 5.32 Å². The van der Waals surface area contributed by atoms with Crippen molar-refractivity contribution in [2.45, 2.75) is 24.3 Å². The van der Waals surface area contributed by atoms with Crippen molar-refractivity contribution in [2.75, 3.05) is 46.4 Å². The number of halogens is 1. The molecule has 1 atom stereocenters. The van der Waals surface area contributed by atoms with E-state index in [1.165, 1.54) is 27.4 Å². The van der Waals surface area contributed by atoms with E-state index in [9.17, 15) is 22.4 Å². The minimum absolute atomic E-state index is 0.138. The summed E-state index contributed by atoms with van der Waals surface area (Å²) in [6, 6.07) is 12.8. The molecule has 2 heterocycles. The Labute approximate surface area is 216 Å². The molecule has 0 saturated carbocycles. The third kappa shape index (κ3) is 5.84. The summed E-state index contributed by atoms with van der Waals surface area (Å²) in [4.78, 5) is 29.6. The first-order valence-corrected chi connectivity index (χ1v) is 13.6. The number of amides is 2. The van der Waals surface area contributed by atoms with Gasteiger partial charge in [-0.1, -0.05) is 30.3 Å². The van der Waals surface area contributed by atoms with Crippen LogP contribution in [0.4, 0.5) is 9.18 Å². The van der Waals surface area contributed by atoms with Gasteiger partial charge in [0.25, 0.3) is 0 Å². The van der Waals surface area contributed by atoms with Gasteiger partial charge in [0.05, 0.1) is 23.1 Å². The lowest BCUT2D eigenvalue weighted by Crippen LogP contribution is -2.49. The number of hydrogen-bond acceptors (Lipinski definition) is 6. The zero-order valence-corrected chi connectivity index (χ0v) is 21.7. The summed E-state index contributed by atoms with van der Waals surface area (Å²) in [5.74, 6) is -1.08. The standard InChI is InChI=1S/C26H31FN4O5S/c1-3-36-25(32)23-22(29(2)26(33)28-24(23)19-9-7-10-20(27)17-19)18-30-13-8-14-31(16-15-30)37(34,35)21-11-5-4-6-12-21/h4-7,9-12,17,24H,3,8,13-16,18H2,1-2H3,(H,28,33). The molecule has 1 N–H and O–H groups in total. The molecule has 2 aliphatic rings. The lowest BCUT2D eigenvalue weighted by molar-refractivity contribution is -0.139. The molecular formula is C26H31FN4O5S. The number of nitrogens with one attached hydrogen (secondary N) is 1. The normalized spacial score (nSPS) is 19.9. The Kier molecular flexibility index (Phi) is 8.25. The van der Waals surface area contributed by atoms with Crippen molar-refractivity contribution < 1.29 is 27.1 Å². The van der Waals surface area contributed by atoms with Crippen molar-refractivity contribution in [1.29, 1.82) is 0 Å². The lowest BCUT2D eigenvalue weighted by atomic mass is 9.94. The van der Waals surface area contributed by atoms with Crippen molar-refractivity contribution in [1.82, 2.24) is 19.4 Å². The molecule has 0 aliphatic carbocycles. The van der Waals surface area contributed by atoms with Crippen LogP contribution in [0.25, 0.3) is 0 Å². The number of benzene rings is 2. The Morgan fingerprint density at radius 1 is 1.08 bits per heavy atom. The van der Waals surface area contributed by atoms with Gasteiger partial charge in [0.2, 0.25) is 10.0 Å². The Bertz CT molecular complexity index is 1280. The largest absolute Gasteiger partial charge is 0.463 e. The van der Waals surface area contributed by atoms with Crippen LogP contribution in [-0.4, -0.2) is 80.9 Å². The number of hydrogen-bond donors (Lipinski definition) is 1. The molecule has 0 radical (unpaired) electrons. The van der Waals surface area contributed by atoms with E-state index in [1.807, 2.05) is 4.90 Å². The summed E-state index contributed by atoms with van der Waals surface area (Å²) in [6.07, 6.45) is 0.581. The molecule has 198 valence electrons. The lowest BCUT2D eigenvalue weighted by Gasteiger charge is -2.36. The molecule has 11 heteroatoms. The van der Waals surface area contributed by atoms with Crippen molar-refractivity contribution in [3.05, 3.63) is 77.2 Å². The third-order valence-corrected chi connectivity index (χ3v) is 8.47. The molecule has 2 aromatic rings. The van der Waals surface area contributed by atoms with E-state index < -0.39 is 33.9 Å².